The second kappa shape index (κ2) is 3.33. The van der Waals surface area contributed by atoms with E-state index in [1.54, 1.807) is 0 Å². The molecular formula is C9H15N3O2. The van der Waals surface area contributed by atoms with Gasteiger partial charge in [-0.25, -0.2) is 0 Å². The molecule has 1 aromatic rings. The van der Waals surface area contributed by atoms with E-state index in [4.69, 9.17) is 4.52 Å². The number of β-amino-alcohol motifs (C(OH)–C–C–N with tert-alkyl or cyclic N) is 1. The van der Waals surface area contributed by atoms with Crippen LogP contribution >= 0.6 is 0 Å². The Kier molecular flexibility index (Phi) is 2.28. The van der Waals surface area contributed by atoms with E-state index in [1.165, 1.54) is 0 Å². The van der Waals surface area contributed by atoms with E-state index in [1.807, 2.05) is 13.8 Å². The molecule has 2 rings (SSSR count). The van der Waals surface area contributed by atoms with Crippen LogP contribution < -0.4 is 0 Å². The average Bonchev–Trinajstić information content (AvgIpc) is 2.49. The first kappa shape index (κ1) is 9.61. The fourth-order valence-electron chi connectivity index (χ4n) is 1.73. The molecule has 5 nitrogen and oxygen atoms in total. The maximum Gasteiger partial charge on any atom is 0.226 e. The van der Waals surface area contributed by atoms with Crippen LogP contribution in [-0.4, -0.2) is 38.8 Å². The molecule has 1 fully saturated rings. The summed E-state index contributed by atoms with van der Waals surface area (Å²) in [4.78, 5) is 6.28. The van der Waals surface area contributed by atoms with Crippen molar-refractivity contribution < 1.29 is 9.63 Å². The van der Waals surface area contributed by atoms with Gasteiger partial charge in [-0.3, -0.25) is 4.90 Å². The highest BCUT2D eigenvalue weighted by atomic mass is 16.5. The number of rotatable bonds is 3. The molecule has 1 aliphatic heterocycles. The van der Waals surface area contributed by atoms with E-state index in [9.17, 15) is 5.11 Å². The van der Waals surface area contributed by atoms with Gasteiger partial charge in [-0.1, -0.05) is 12.1 Å². The number of hydrogen-bond donors (Lipinski definition) is 1. The predicted octanol–water partition coefficient (Wildman–Crippen LogP) is 0.199. The topological polar surface area (TPSA) is 62.4 Å². The van der Waals surface area contributed by atoms with Crippen molar-refractivity contribution in [3.63, 3.8) is 0 Å². The lowest BCUT2D eigenvalue weighted by atomic mass is 9.97. The first-order chi connectivity index (χ1) is 6.59. The summed E-state index contributed by atoms with van der Waals surface area (Å²) in [5.41, 5.74) is -0.530. The summed E-state index contributed by atoms with van der Waals surface area (Å²) in [5.74, 6) is 1.38. The predicted molar refractivity (Wildman–Crippen MR) is 49.6 cm³/mol. The molecule has 0 aliphatic carbocycles. The van der Waals surface area contributed by atoms with E-state index in [0.717, 1.165) is 6.42 Å². The zero-order chi connectivity index (χ0) is 10.2. The smallest absolute Gasteiger partial charge is 0.226 e. The SMILES string of the molecule is CCc1nc(CN2CC(C)(O)C2)no1. The number of likely N-dealkylation sites (tertiary alicyclic amines) is 1. The highest BCUT2D eigenvalue weighted by molar-refractivity contribution is 4.95. The summed E-state index contributed by atoms with van der Waals surface area (Å²) in [6, 6.07) is 0. The molecule has 0 radical (unpaired) electrons. The van der Waals surface area contributed by atoms with Gasteiger partial charge in [0.25, 0.3) is 0 Å². The van der Waals surface area contributed by atoms with Gasteiger partial charge in [0, 0.05) is 19.5 Å². The molecule has 1 N–H and O–H groups in total. The van der Waals surface area contributed by atoms with Gasteiger partial charge in [-0.05, 0) is 6.92 Å². The van der Waals surface area contributed by atoms with Gasteiger partial charge in [0.15, 0.2) is 5.82 Å². The Balaban J connectivity index is 1.87. The van der Waals surface area contributed by atoms with Crippen molar-refractivity contribution in [2.24, 2.45) is 0 Å². The molecule has 0 unspecified atom stereocenters. The fraction of sp³-hybridized carbons (Fsp3) is 0.778. The van der Waals surface area contributed by atoms with Crippen LogP contribution in [0.2, 0.25) is 0 Å². The van der Waals surface area contributed by atoms with Gasteiger partial charge in [0.2, 0.25) is 5.89 Å². The van der Waals surface area contributed by atoms with E-state index in [-0.39, 0.29) is 0 Å². The van der Waals surface area contributed by atoms with Crippen LogP contribution in [0.4, 0.5) is 0 Å². The summed E-state index contributed by atoms with van der Waals surface area (Å²) in [6.07, 6.45) is 0.769. The third-order valence-electron chi connectivity index (χ3n) is 2.31. The van der Waals surface area contributed by atoms with E-state index < -0.39 is 5.60 Å². The zero-order valence-corrected chi connectivity index (χ0v) is 8.53. The lowest BCUT2D eigenvalue weighted by Crippen LogP contribution is -2.59. The van der Waals surface area contributed by atoms with E-state index >= 15 is 0 Å². The quantitative estimate of drug-likeness (QED) is 0.750. The number of aliphatic hydroxyl groups is 1. The first-order valence-electron chi connectivity index (χ1n) is 4.85. The van der Waals surface area contributed by atoms with Gasteiger partial charge in [0.05, 0.1) is 12.1 Å². The molecule has 1 saturated heterocycles. The Morgan fingerprint density at radius 1 is 1.57 bits per heavy atom. The van der Waals surface area contributed by atoms with E-state index in [0.29, 0.717) is 31.3 Å². The van der Waals surface area contributed by atoms with Gasteiger partial charge in [-0.15, -0.1) is 0 Å². The average molecular weight is 197 g/mol. The second-order valence-corrected chi connectivity index (χ2v) is 4.10. The minimum atomic E-state index is -0.530. The minimum absolute atomic E-state index is 0.530. The van der Waals surface area contributed by atoms with Crippen molar-refractivity contribution in [1.29, 1.82) is 0 Å². The monoisotopic (exact) mass is 197 g/mol. The standard InChI is InChI=1S/C9H15N3O2/c1-3-8-10-7(11-14-8)4-12-5-9(2,13)6-12/h13H,3-6H2,1-2H3. The lowest BCUT2D eigenvalue weighted by Gasteiger charge is -2.43. The van der Waals surface area contributed by atoms with Crippen molar-refractivity contribution in [3.8, 4) is 0 Å². The molecule has 78 valence electrons. The van der Waals surface area contributed by atoms with Gasteiger partial charge in [0.1, 0.15) is 0 Å². The molecule has 1 aromatic heterocycles. The largest absolute Gasteiger partial charge is 0.388 e. The second-order valence-electron chi connectivity index (χ2n) is 4.10. The Labute approximate surface area is 82.7 Å². The molecule has 2 heterocycles. The fourth-order valence-corrected chi connectivity index (χ4v) is 1.73. The van der Waals surface area contributed by atoms with Crippen LogP contribution in [0.3, 0.4) is 0 Å². The molecule has 0 amide bonds. The molecule has 0 spiro atoms. The van der Waals surface area contributed by atoms with Crippen LogP contribution in [0.1, 0.15) is 25.6 Å². The molecule has 5 heteroatoms. The van der Waals surface area contributed by atoms with Crippen molar-refractivity contribution in [1.82, 2.24) is 15.0 Å². The summed E-state index contributed by atoms with van der Waals surface area (Å²) < 4.78 is 4.98. The third kappa shape index (κ3) is 1.93. The van der Waals surface area contributed by atoms with Gasteiger partial charge in [-0.2, -0.15) is 4.98 Å². The molecule has 0 saturated carbocycles. The van der Waals surface area contributed by atoms with Gasteiger partial charge < -0.3 is 9.63 Å². The Bertz CT molecular complexity index is 314. The Morgan fingerprint density at radius 3 is 2.79 bits per heavy atom. The maximum absolute atomic E-state index is 9.51. The summed E-state index contributed by atoms with van der Waals surface area (Å²) in [6.45, 7) is 5.84. The van der Waals surface area contributed by atoms with Crippen LogP contribution in [0, 0.1) is 0 Å². The number of aromatic nitrogens is 2. The van der Waals surface area contributed by atoms with Crippen molar-refractivity contribution in [2.75, 3.05) is 13.1 Å². The molecule has 0 atom stereocenters. The van der Waals surface area contributed by atoms with Crippen molar-refractivity contribution >= 4 is 0 Å². The number of hydrogen-bond acceptors (Lipinski definition) is 5. The molecule has 14 heavy (non-hydrogen) atoms. The van der Waals surface area contributed by atoms with Gasteiger partial charge >= 0.3 is 0 Å². The number of nitrogens with zero attached hydrogens (tertiary/aromatic N) is 3. The molecule has 0 aromatic carbocycles. The Morgan fingerprint density at radius 2 is 2.29 bits per heavy atom. The lowest BCUT2D eigenvalue weighted by molar-refractivity contribution is -0.0882. The van der Waals surface area contributed by atoms with Crippen molar-refractivity contribution in [3.05, 3.63) is 11.7 Å². The zero-order valence-electron chi connectivity index (χ0n) is 8.53. The summed E-state index contributed by atoms with van der Waals surface area (Å²) >= 11 is 0. The molecular weight excluding hydrogens is 182 g/mol. The highest BCUT2D eigenvalue weighted by Gasteiger charge is 2.36. The normalized spacial score (nSPS) is 20.8. The highest BCUT2D eigenvalue weighted by Crippen LogP contribution is 2.21. The van der Waals surface area contributed by atoms with Crippen LogP contribution in [0.15, 0.2) is 4.52 Å². The maximum atomic E-state index is 9.51. The molecule has 0 bridgehead atoms. The number of aryl methyl sites for hydroxylation is 1. The van der Waals surface area contributed by atoms with Crippen LogP contribution in [0.5, 0.6) is 0 Å². The summed E-state index contributed by atoms with van der Waals surface area (Å²) in [7, 11) is 0. The first-order valence-corrected chi connectivity index (χ1v) is 4.85. The van der Waals surface area contributed by atoms with E-state index in [2.05, 4.69) is 15.0 Å². The minimum Gasteiger partial charge on any atom is -0.388 e. The summed E-state index contributed by atoms with van der Waals surface area (Å²) in [5, 5.41) is 13.4. The molecule has 1 aliphatic rings. The Hall–Kier alpha value is -0.940. The van der Waals surface area contributed by atoms with Crippen molar-refractivity contribution in [2.45, 2.75) is 32.4 Å². The van der Waals surface area contributed by atoms with Crippen LogP contribution in [0.25, 0.3) is 0 Å². The third-order valence-corrected chi connectivity index (χ3v) is 2.31. The van der Waals surface area contributed by atoms with Crippen LogP contribution in [-0.2, 0) is 13.0 Å².